The number of carbonyl (C=O) groups is 2. The van der Waals surface area contributed by atoms with Gasteiger partial charge in [0.25, 0.3) is 11.8 Å². The van der Waals surface area contributed by atoms with Gasteiger partial charge in [0.15, 0.2) is 23.4 Å². The molecule has 0 unspecified atom stereocenters. The summed E-state index contributed by atoms with van der Waals surface area (Å²) < 4.78 is 28.1. The lowest BCUT2D eigenvalue weighted by atomic mass is 10.0. The van der Waals surface area contributed by atoms with E-state index in [4.69, 9.17) is 0 Å². The Kier molecular flexibility index (Phi) is 4.95. The molecule has 1 fully saturated rings. The maximum absolute atomic E-state index is 13.3. The minimum Gasteiger partial charge on any atom is -0.385 e. The summed E-state index contributed by atoms with van der Waals surface area (Å²) in [5.41, 5.74) is 5.43. The van der Waals surface area contributed by atoms with Gasteiger partial charge in [0.2, 0.25) is 0 Å². The number of aldehydes is 1. The zero-order valence-corrected chi connectivity index (χ0v) is 19.2. The number of imidazole rings is 1. The number of nitrogens with one attached hydrogen (secondary N) is 2. The highest BCUT2D eigenvalue weighted by atomic mass is 19.3. The third-order valence-corrected chi connectivity index (χ3v) is 6.59. The van der Waals surface area contributed by atoms with E-state index >= 15 is 0 Å². The molecule has 11 heteroatoms. The number of pyridine rings is 1. The summed E-state index contributed by atoms with van der Waals surface area (Å²) >= 11 is 0. The van der Waals surface area contributed by atoms with Crippen molar-refractivity contribution in [1.29, 1.82) is 0 Å². The fraction of sp³-hybridized carbons (Fsp3) is 0.240. The lowest BCUT2D eigenvalue weighted by molar-refractivity contribution is 0.0843. The molecule has 0 radical (unpaired) electrons. The molecule has 0 bridgehead atoms. The summed E-state index contributed by atoms with van der Waals surface area (Å²) in [6.07, 6.45) is 4.02. The zero-order valence-electron chi connectivity index (χ0n) is 19.2. The summed E-state index contributed by atoms with van der Waals surface area (Å²) in [5.74, 6) is -2.94. The predicted molar refractivity (Wildman–Crippen MR) is 129 cm³/mol. The number of amides is 1. The third-order valence-electron chi connectivity index (χ3n) is 6.59. The maximum Gasteiger partial charge on any atom is 0.272 e. The van der Waals surface area contributed by atoms with Crippen LogP contribution in [0.15, 0.2) is 48.8 Å². The van der Waals surface area contributed by atoms with Crippen LogP contribution in [0.3, 0.4) is 0 Å². The minimum atomic E-state index is -2.87. The zero-order chi connectivity index (χ0) is 25.0. The van der Waals surface area contributed by atoms with Crippen LogP contribution < -0.4 is 15.5 Å². The van der Waals surface area contributed by atoms with Gasteiger partial charge in [-0.05, 0) is 30.2 Å². The maximum atomic E-state index is 13.3. The normalized spacial score (nSPS) is 17.6. The molecule has 9 nitrogen and oxygen atoms in total. The molecule has 6 rings (SSSR count). The Bertz CT molecular complexity index is 1520. The Balaban J connectivity index is 1.39. The average molecular weight is 489 g/mol. The van der Waals surface area contributed by atoms with E-state index in [0.717, 1.165) is 35.2 Å². The molecule has 1 amide bonds. The molecule has 4 aromatic rings. The summed E-state index contributed by atoms with van der Waals surface area (Å²) in [6, 6.07) is 10.2. The Morgan fingerprint density at radius 3 is 2.72 bits per heavy atom. The molecule has 2 aliphatic rings. The molecule has 1 aliphatic carbocycles. The number of rotatable bonds is 6. The topological polar surface area (TPSA) is 105 Å². The summed E-state index contributed by atoms with van der Waals surface area (Å²) in [7, 11) is 1.74. The Morgan fingerprint density at radius 2 is 2.03 bits per heavy atom. The van der Waals surface area contributed by atoms with Gasteiger partial charge in [-0.1, -0.05) is 12.1 Å². The molecule has 0 saturated heterocycles. The largest absolute Gasteiger partial charge is 0.385 e. The van der Waals surface area contributed by atoms with E-state index in [2.05, 4.69) is 25.7 Å². The van der Waals surface area contributed by atoms with Crippen LogP contribution in [0.2, 0.25) is 0 Å². The number of benzene rings is 1. The van der Waals surface area contributed by atoms with E-state index < -0.39 is 17.9 Å². The van der Waals surface area contributed by atoms with Crippen molar-refractivity contribution >= 4 is 35.0 Å². The van der Waals surface area contributed by atoms with E-state index in [1.165, 1.54) is 10.7 Å². The van der Waals surface area contributed by atoms with Gasteiger partial charge in [-0.3, -0.25) is 14.6 Å². The highest BCUT2D eigenvalue weighted by molar-refractivity contribution is 5.94. The molecule has 1 saturated carbocycles. The third kappa shape index (κ3) is 3.55. The van der Waals surface area contributed by atoms with Crippen molar-refractivity contribution in [3.63, 3.8) is 0 Å². The SMILES string of the molecule is CNc1cc(N2CCc3c(-c4ccc(C=O)cn4)cccc32)nn2c(C(=O)N[C@@H]3CC3(F)F)cnc12. The van der Waals surface area contributed by atoms with Gasteiger partial charge in [0.1, 0.15) is 0 Å². The second kappa shape index (κ2) is 8.08. The second-order valence-corrected chi connectivity index (χ2v) is 8.84. The van der Waals surface area contributed by atoms with Crippen molar-refractivity contribution in [2.75, 3.05) is 23.8 Å². The summed E-state index contributed by atoms with van der Waals surface area (Å²) in [4.78, 5) is 34.5. The Hall–Kier alpha value is -4.41. The first-order chi connectivity index (χ1) is 17.4. The molecule has 4 heterocycles. The number of hydrogen-bond donors (Lipinski definition) is 2. The van der Waals surface area contributed by atoms with Gasteiger partial charge >= 0.3 is 0 Å². The standard InChI is InChI=1S/C25H21F2N7O2/c1-28-18-9-22(32-34-20(12-30-23(18)34)24(36)31-21-10-25(21,26)27)33-8-7-16-15(3-2-4-19(16)33)17-6-5-14(13-35)11-29-17/h2-6,9,11-13,21,28H,7-8,10H2,1H3,(H,31,36)/t21-/m1/s1. The highest BCUT2D eigenvalue weighted by Crippen LogP contribution is 2.42. The van der Waals surface area contributed by atoms with Crippen LogP contribution in [-0.4, -0.2) is 57.3 Å². The number of aromatic nitrogens is 4. The lowest BCUT2D eigenvalue weighted by Gasteiger charge is -2.20. The molecule has 1 aliphatic heterocycles. The molecular weight excluding hydrogens is 468 g/mol. The fourth-order valence-electron chi connectivity index (χ4n) is 4.57. The van der Waals surface area contributed by atoms with E-state index in [1.807, 2.05) is 35.2 Å². The number of carbonyl (C=O) groups excluding carboxylic acids is 2. The van der Waals surface area contributed by atoms with E-state index in [1.54, 1.807) is 19.3 Å². The Morgan fingerprint density at radius 1 is 1.19 bits per heavy atom. The minimum absolute atomic E-state index is 0.0821. The van der Waals surface area contributed by atoms with Gasteiger partial charge in [0, 0.05) is 49.1 Å². The number of hydrogen-bond acceptors (Lipinski definition) is 7. The van der Waals surface area contributed by atoms with Gasteiger partial charge in [-0.15, -0.1) is 5.10 Å². The lowest BCUT2D eigenvalue weighted by Crippen LogP contribution is -2.30. The quantitative estimate of drug-likeness (QED) is 0.400. The highest BCUT2D eigenvalue weighted by Gasteiger charge is 2.58. The van der Waals surface area contributed by atoms with Crippen molar-refractivity contribution in [1.82, 2.24) is 24.9 Å². The van der Waals surface area contributed by atoms with Crippen LogP contribution in [0.5, 0.6) is 0 Å². The first-order valence-corrected chi connectivity index (χ1v) is 11.5. The van der Waals surface area contributed by atoms with Gasteiger partial charge in [-0.25, -0.2) is 18.3 Å². The predicted octanol–water partition coefficient (Wildman–Crippen LogP) is 3.48. The van der Waals surface area contributed by atoms with Crippen LogP contribution in [0, 0.1) is 0 Å². The molecule has 0 spiro atoms. The van der Waals surface area contributed by atoms with Crippen molar-refractivity contribution in [3.8, 4) is 11.3 Å². The first-order valence-electron chi connectivity index (χ1n) is 11.5. The van der Waals surface area contributed by atoms with E-state index in [0.29, 0.717) is 29.3 Å². The van der Waals surface area contributed by atoms with Crippen molar-refractivity contribution in [3.05, 3.63) is 65.6 Å². The molecule has 3 aromatic heterocycles. The molecule has 36 heavy (non-hydrogen) atoms. The van der Waals surface area contributed by atoms with Crippen LogP contribution in [-0.2, 0) is 6.42 Å². The van der Waals surface area contributed by atoms with Crippen LogP contribution >= 0.6 is 0 Å². The molecular formula is C25H21F2N7O2. The van der Waals surface area contributed by atoms with Crippen molar-refractivity contribution < 1.29 is 18.4 Å². The number of halogens is 2. The number of nitrogens with zero attached hydrogens (tertiary/aromatic N) is 5. The average Bonchev–Trinajstić information content (AvgIpc) is 3.25. The smallest absolute Gasteiger partial charge is 0.272 e. The monoisotopic (exact) mass is 489 g/mol. The van der Waals surface area contributed by atoms with Crippen LogP contribution in [0.4, 0.5) is 26.0 Å². The number of anilines is 3. The van der Waals surface area contributed by atoms with Crippen LogP contribution in [0.25, 0.3) is 16.9 Å². The molecule has 1 atom stereocenters. The molecule has 1 aromatic carbocycles. The second-order valence-electron chi connectivity index (χ2n) is 8.84. The summed E-state index contributed by atoms with van der Waals surface area (Å²) in [6.45, 7) is 0.644. The fourth-order valence-corrected chi connectivity index (χ4v) is 4.57. The van der Waals surface area contributed by atoms with Crippen molar-refractivity contribution in [2.45, 2.75) is 24.8 Å². The van der Waals surface area contributed by atoms with E-state index in [-0.39, 0.29) is 12.1 Å². The van der Waals surface area contributed by atoms with Crippen molar-refractivity contribution in [2.24, 2.45) is 0 Å². The first kappa shape index (κ1) is 22.1. The molecule has 2 N–H and O–H groups in total. The Labute approximate surface area is 204 Å². The summed E-state index contributed by atoms with van der Waals surface area (Å²) in [5, 5.41) is 10.1. The van der Waals surface area contributed by atoms with Crippen LogP contribution in [0.1, 0.15) is 32.8 Å². The van der Waals surface area contributed by atoms with Gasteiger partial charge in [0.05, 0.1) is 23.6 Å². The molecule has 182 valence electrons. The van der Waals surface area contributed by atoms with E-state index in [9.17, 15) is 18.4 Å². The van der Waals surface area contributed by atoms with Gasteiger partial charge < -0.3 is 15.5 Å². The number of fused-ring (bicyclic) bond motifs is 2. The van der Waals surface area contributed by atoms with Gasteiger partial charge in [-0.2, -0.15) is 0 Å². The number of alkyl halides is 2.